The highest BCUT2D eigenvalue weighted by Crippen LogP contribution is 2.13. The summed E-state index contributed by atoms with van der Waals surface area (Å²) in [4.78, 5) is 24.4. The number of carbonyl (C=O) groups is 2. The van der Waals surface area contributed by atoms with Gasteiger partial charge in [-0.3, -0.25) is 9.69 Å². The number of benzene rings is 1. The third kappa shape index (κ3) is 2.63. The van der Waals surface area contributed by atoms with E-state index < -0.39 is 5.97 Å². The Hall–Kier alpha value is -2.21. The smallest absolute Gasteiger partial charge is 0.337 e. The van der Waals surface area contributed by atoms with E-state index in [1.54, 1.807) is 37.4 Å². The Balaban J connectivity index is 2.23. The van der Waals surface area contributed by atoms with Crippen molar-refractivity contribution in [3.8, 4) is 0 Å². The molecule has 0 atom stereocenters. The van der Waals surface area contributed by atoms with Crippen molar-refractivity contribution < 1.29 is 14.3 Å². The zero-order valence-electron chi connectivity index (χ0n) is 10.5. The Bertz CT molecular complexity index is 578. The largest absolute Gasteiger partial charge is 0.465 e. The summed E-state index contributed by atoms with van der Waals surface area (Å²) in [6.45, 7) is 0. The minimum atomic E-state index is -0.393. The highest BCUT2D eigenvalue weighted by molar-refractivity contribution is 7.80. The van der Waals surface area contributed by atoms with Gasteiger partial charge >= 0.3 is 5.97 Å². The molecular weight excluding hydrogens is 264 g/mol. The molecule has 1 aliphatic heterocycles. The van der Waals surface area contributed by atoms with Crippen molar-refractivity contribution in [1.82, 2.24) is 10.2 Å². The molecule has 0 spiro atoms. The summed E-state index contributed by atoms with van der Waals surface area (Å²) in [7, 11) is 2.94. The third-order valence-corrected chi connectivity index (χ3v) is 3.10. The van der Waals surface area contributed by atoms with Crippen molar-refractivity contribution in [1.29, 1.82) is 0 Å². The van der Waals surface area contributed by atoms with Gasteiger partial charge in [-0.15, -0.1) is 0 Å². The van der Waals surface area contributed by atoms with E-state index in [9.17, 15) is 9.59 Å². The Morgan fingerprint density at radius 2 is 2.00 bits per heavy atom. The molecule has 1 N–H and O–H groups in total. The van der Waals surface area contributed by atoms with Crippen LogP contribution in [0.2, 0.25) is 0 Å². The number of amides is 1. The number of rotatable bonds is 2. The average molecular weight is 276 g/mol. The predicted molar refractivity (Wildman–Crippen MR) is 74.3 cm³/mol. The van der Waals surface area contributed by atoms with Crippen molar-refractivity contribution in [2.75, 3.05) is 14.2 Å². The van der Waals surface area contributed by atoms with Gasteiger partial charge in [-0.05, 0) is 36.0 Å². The number of hydrogen-bond donors (Lipinski definition) is 1. The van der Waals surface area contributed by atoms with E-state index in [1.165, 1.54) is 12.0 Å². The summed E-state index contributed by atoms with van der Waals surface area (Å²) >= 11 is 4.97. The van der Waals surface area contributed by atoms with Gasteiger partial charge < -0.3 is 10.1 Å². The van der Waals surface area contributed by atoms with Gasteiger partial charge in [0.05, 0.1) is 12.7 Å². The number of ether oxygens (including phenoxy) is 1. The van der Waals surface area contributed by atoms with Crippen molar-refractivity contribution in [3.63, 3.8) is 0 Å². The van der Waals surface area contributed by atoms with E-state index in [2.05, 4.69) is 10.1 Å². The molecule has 1 saturated heterocycles. The number of thiocarbonyl (C=S) groups is 1. The number of likely N-dealkylation sites (N-methyl/N-ethyl adjacent to an activating group) is 1. The first-order valence-electron chi connectivity index (χ1n) is 5.52. The second-order valence-corrected chi connectivity index (χ2v) is 4.35. The maximum atomic E-state index is 11.8. The van der Waals surface area contributed by atoms with Crippen LogP contribution in [0.3, 0.4) is 0 Å². The lowest BCUT2D eigenvalue weighted by molar-refractivity contribution is -0.121. The number of nitrogens with one attached hydrogen (secondary N) is 1. The van der Waals surface area contributed by atoms with Crippen LogP contribution in [0, 0.1) is 0 Å². The third-order valence-electron chi connectivity index (χ3n) is 2.72. The zero-order chi connectivity index (χ0) is 14.0. The van der Waals surface area contributed by atoms with Gasteiger partial charge in [0.25, 0.3) is 5.91 Å². The molecule has 2 rings (SSSR count). The van der Waals surface area contributed by atoms with Gasteiger partial charge in [0, 0.05) is 7.05 Å². The fraction of sp³-hybridized carbons (Fsp3) is 0.154. The van der Waals surface area contributed by atoms with Crippen molar-refractivity contribution >= 4 is 35.3 Å². The summed E-state index contributed by atoms with van der Waals surface area (Å²) in [6, 6.07) is 6.74. The molecule has 0 bridgehead atoms. The van der Waals surface area contributed by atoms with E-state index in [0.29, 0.717) is 16.4 Å². The van der Waals surface area contributed by atoms with E-state index in [0.717, 1.165) is 5.56 Å². The van der Waals surface area contributed by atoms with Crippen LogP contribution in [0.1, 0.15) is 15.9 Å². The molecule has 0 radical (unpaired) electrons. The number of esters is 1. The topological polar surface area (TPSA) is 58.6 Å². The molecule has 5 nitrogen and oxygen atoms in total. The Morgan fingerprint density at radius 3 is 2.47 bits per heavy atom. The monoisotopic (exact) mass is 276 g/mol. The minimum Gasteiger partial charge on any atom is -0.465 e. The molecule has 1 amide bonds. The second kappa shape index (κ2) is 5.19. The zero-order valence-corrected chi connectivity index (χ0v) is 11.3. The number of methoxy groups -OCH3 is 1. The van der Waals surface area contributed by atoms with Gasteiger partial charge in [-0.25, -0.2) is 4.79 Å². The summed E-state index contributed by atoms with van der Waals surface area (Å²) < 4.78 is 4.61. The molecule has 19 heavy (non-hydrogen) atoms. The van der Waals surface area contributed by atoms with Gasteiger partial charge in [0.2, 0.25) is 0 Å². The van der Waals surface area contributed by atoms with Crippen molar-refractivity contribution in [3.05, 3.63) is 41.1 Å². The lowest BCUT2D eigenvalue weighted by atomic mass is 10.1. The Labute approximate surface area is 115 Å². The maximum absolute atomic E-state index is 11.8. The van der Waals surface area contributed by atoms with Crippen molar-refractivity contribution in [2.45, 2.75) is 0 Å². The van der Waals surface area contributed by atoms with Crippen LogP contribution < -0.4 is 5.32 Å². The molecule has 1 heterocycles. The molecule has 1 fully saturated rings. The maximum Gasteiger partial charge on any atom is 0.337 e. The predicted octanol–water partition coefficient (Wildman–Crippen LogP) is 1.16. The SMILES string of the molecule is COC(=O)c1ccc(C=C2NC(=S)N(C)C2=O)cc1. The van der Waals surface area contributed by atoms with Gasteiger partial charge in [-0.1, -0.05) is 12.1 Å². The highest BCUT2D eigenvalue weighted by atomic mass is 32.1. The van der Waals surface area contributed by atoms with Gasteiger partial charge in [-0.2, -0.15) is 0 Å². The second-order valence-electron chi connectivity index (χ2n) is 3.97. The van der Waals surface area contributed by atoms with E-state index in [1.807, 2.05) is 0 Å². The van der Waals surface area contributed by atoms with Gasteiger partial charge in [0.15, 0.2) is 5.11 Å². The summed E-state index contributed by atoms with van der Waals surface area (Å²) in [5.74, 6) is -0.572. The highest BCUT2D eigenvalue weighted by Gasteiger charge is 2.26. The Morgan fingerprint density at radius 1 is 1.37 bits per heavy atom. The molecule has 0 aliphatic carbocycles. The molecule has 1 aliphatic rings. The molecule has 0 unspecified atom stereocenters. The van der Waals surface area contributed by atoms with Crippen LogP contribution in [-0.4, -0.2) is 36.0 Å². The molecule has 0 saturated carbocycles. The van der Waals surface area contributed by atoms with Gasteiger partial charge in [0.1, 0.15) is 5.70 Å². The summed E-state index contributed by atoms with van der Waals surface area (Å²) in [6.07, 6.45) is 1.68. The quantitative estimate of drug-likeness (QED) is 0.499. The first kappa shape index (κ1) is 13.2. The van der Waals surface area contributed by atoms with E-state index in [4.69, 9.17) is 12.2 Å². The molecule has 0 aromatic heterocycles. The minimum absolute atomic E-state index is 0.179. The molecule has 1 aromatic rings. The van der Waals surface area contributed by atoms with Crippen LogP contribution in [0.5, 0.6) is 0 Å². The van der Waals surface area contributed by atoms with E-state index >= 15 is 0 Å². The van der Waals surface area contributed by atoms with Crippen LogP contribution in [0.25, 0.3) is 6.08 Å². The molecule has 1 aromatic carbocycles. The Kier molecular flexibility index (Phi) is 3.62. The molecule has 6 heteroatoms. The molecular formula is C13H12N2O3S. The summed E-state index contributed by atoms with van der Waals surface area (Å²) in [5.41, 5.74) is 1.67. The molecule has 98 valence electrons. The number of hydrogen-bond acceptors (Lipinski definition) is 4. The lowest BCUT2D eigenvalue weighted by Gasteiger charge is -2.02. The standard InChI is InChI=1S/C13H12N2O3S/c1-15-11(16)10(14-13(15)19)7-8-3-5-9(6-4-8)12(17)18-2/h3-7H,1-2H3,(H,14,19). The first-order valence-corrected chi connectivity index (χ1v) is 5.93. The average Bonchev–Trinajstić information content (AvgIpc) is 2.66. The number of carbonyl (C=O) groups excluding carboxylic acids is 2. The van der Waals surface area contributed by atoms with Crippen LogP contribution >= 0.6 is 12.2 Å². The van der Waals surface area contributed by atoms with Crippen LogP contribution in [0.15, 0.2) is 30.0 Å². The van der Waals surface area contributed by atoms with Crippen LogP contribution in [0.4, 0.5) is 0 Å². The lowest BCUT2D eigenvalue weighted by Crippen LogP contribution is -2.25. The normalized spacial score (nSPS) is 16.7. The summed E-state index contributed by atoms with van der Waals surface area (Å²) in [5, 5.41) is 3.20. The van der Waals surface area contributed by atoms with E-state index in [-0.39, 0.29) is 5.91 Å². The van der Waals surface area contributed by atoms with Crippen molar-refractivity contribution in [2.24, 2.45) is 0 Å². The first-order chi connectivity index (χ1) is 9.02. The van der Waals surface area contributed by atoms with Crippen LogP contribution in [-0.2, 0) is 9.53 Å². The fourth-order valence-corrected chi connectivity index (χ4v) is 1.82. The fourth-order valence-electron chi connectivity index (χ4n) is 1.62. The number of nitrogens with zero attached hydrogens (tertiary/aromatic N) is 1.